The summed E-state index contributed by atoms with van der Waals surface area (Å²) >= 11 is 0. The summed E-state index contributed by atoms with van der Waals surface area (Å²) in [5.41, 5.74) is 0.615. The van der Waals surface area contributed by atoms with Gasteiger partial charge >= 0.3 is 0 Å². The highest BCUT2D eigenvalue weighted by Crippen LogP contribution is 2.68. The Balaban J connectivity index is 1.38. The molecule has 0 radical (unpaired) electrons. The first-order valence-electron chi connectivity index (χ1n) is 11.5. The van der Waals surface area contributed by atoms with Gasteiger partial charge in [0.05, 0.1) is 30.3 Å². The van der Waals surface area contributed by atoms with Crippen molar-refractivity contribution in [3.05, 3.63) is 23.3 Å². The maximum Gasteiger partial charge on any atom is 0.207 e. The number of rotatable bonds is 2. The van der Waals surface area contributed by atoms with E-state index in [9.17, 15) is 10.2 Å². The van der Waals surface area contributed by atoms with Crippen LogP contribution in [0.25, 0.3) is 0 Å². The van der Waals surface area contributed by atoms with Crippen LogP contribution in [0.5, 0.6) is 11.5 Å². The molecule has 2 spiro atoms. The monoisotopic (exact) mass is 415 g/mol. The van der Waals surface area contributed by atoms with Gasteiger partial charge in [0.25, 0.3) is 0 Å². The number of piperidine rings is 1. The van der Waals surface area contributed by atoms with Crippen LogP contribution in [0, 0.1) is 0 Å². The third kappa shape index (κ3) is 1.99. The van der Waals surface area contributed by atoms with E-state index in [2.05, 4.69) is 4.90 Å². The zero-order valence-electron chi connectivity index (χ0n) is 17.1. The summed E-state index contributed by atoms with van der Waals surface area (Å²) in [6, 6.07) is 3.75. The number of nitrogens with zero attached hydrogens (tertiary/aromatic N) is 1. The van der Waals surface area contributed by atoms with E-state index in [4.69, 9.17) is 18.9 Å². The van der Waals surface area contributed by atoms with Crippen LogP contribution in [0.1, 0.15) is 43.2 Å². The molecule has 7 rings (SSSR count). The molecule has 1 aromatic carbocycles. The predicted octanol–water partition coefficient (Wildman–Crippen LogP) is 1.47. The molecule has 1 saturated carbocycles. The van der Waals surface area contributed by atoms with Crippen molar-refractivity contribution in [3.8, 4) is 11.5 Å². The number of phenols is 1. The Morgan fingerprint density at radius 3 is 2.77 bits per heavy atom. The molecule has 6 aliphatic rings. The third-order valence-corrected chi connectivity index (χ3v) is 8.82. The first kappa shape index (κ1) is 18.2. The van der Waals surface area contributed by atoms with E-state index in [0.29, 0.717) is 31.8 Å². The van der Waals surface area contributed by atoms with E-state index in [0.717, 1.165) is 50.9 Å². The Kier molecular flexibility index (Phi) is 3.58. The van der Waals surface area contributed by atoms with Crippen LogP contribution < -0.4 is 4.74 Å². The van der Waals surface area contributed by atoms with Gasteiger partial charge in [0.15, 0.2) is 17.6 Å². The second-order valence-electron chi connectivity index (χ2n) is 9.95. The minimum atomic E-state index is -0.943. The van der Waals surface area contributed by atoms with Crippen LogP contribution in [-0.2, 0) is 26.0 Å². The van der Waals surface area contributed by atoms with Gasteiger partial charge in [-0.3, -0.25) is 4.90 Å². The molecular weight excluding hydrogens is 386 g/mol. The first-order valence-corrected chi connectivity index (χ1v) is 11.5. The van der Waals surface area contributed by atoms with E-state index < -0.39 is 22.9 Å². The molecule has 0 amide bonds. The van der Waals surface area contributed by atoms with E-state index in [-0.39, 0.29) is 17.9 Å². The zero-order chi connectivity index (χ0) is 20.1. The number of benzene rings is 1. The molecule has 2 aliphatic carbocycles. The van der Waals surface area contributed by atoms with Crippen LogP contribution >= 0.6 is 0 Å². The van der Waals surface area contributed by atoms with Gasteiger partial charge < -0.3 is 29.2 Å². The highest BCUT2D eigenvalue weighted by atomic mass is 16.8. The van der Waals surface area contributed by atoms with Crippen LogP contribution in [-0.4, -0.2) is 77.7 Å². The fourth-order valence-corrected chi connectivity index (χ4v) is 7.62. The van der Waals surface area contributed by atoms with E-state index >= 15 is 0 Å². The highest BCUT2D eigenvalue weighted by Gasteiger charge is 2.77. The van der Waals surface area contributed by atoms with Gasteiger partial charge in [0.1, 0.15) is 0 Å². The smallest absolute Gasteiger partial charge is 0.207 e. The van der Waals surface area contributed by atoms with Crippen molar-refractivity contribution < 1.29 is 29.2 Å². The molecule has 3 unspecified atom stereocenters. The van der Waals surface area contributed by atoms with Crippen LogP contribution in [0.15, 0.2) is 12.1 Å². The van der Waals surface area contributed by atoms with Crippen LogP contribution in [0.4, 0.5) is 0 Å². The average molecular weight is 415 g/mol. The van der Waals surface area contributed by atoms with Crippen molar-refractivity contribution in [1.82, 2.24) is 4.90 Å². The second-order valence-corrected chi connectivity index (χ2v) is 9.95. The Morgan fingerprint density at radius 2 is 1.97 bits per heavy atom. The number of likely N-dealkylation sites (tertiary alicyclic amines) is 1. The van der Waals surface area contributed by atoms with Gasteiger partial charge in [-0.25, -0.2) is 0 Å². The van der Waals surface area contributed by atoms with Gasteiger partial charge in [0.2, 0.25) is 5.79 Å². The largest absolute Gasteiger partial charge is 0.504 e. The lowest BCUT2D eigenvalue weighted by Crippen LogP contribution is -2.79. The molecule has 4 aliphatic heterocycles. The lowest BCUT2D eigenvalue weighted by molar-refractivity contribution is -0.297. The molecule has 2 N–H and O–H groups in total. The minimum Gasteiger partial charge on any atom is -0.504 e. The Hall–Kier alpha value is -1.38. The number of phenolic OH excluding ortho intramolecular Hbond substituents is 1. The third-order valence-electron chi connectivity index (χ3n) is 8.82. The van der Waals surface area contributed by atoms with Gasteiger partial charge in [-0.2, -0.15) is 0 Å². The number of fused-ring (bicyclic) bond motifs is 1. The number of hydrogen-bond acceptors (Lipinski definition) is 7. The highest BCUT2D eigenvalue weighted by molar-refractivity contribution is 5.62. The molecule has 0 aromatic heterocycles. The van der Waals surface area contributed by atoms with Gasteiger partial charge in [0, 0.05) is 31.2 Å². The molecule has 5 atom stereocenters. The summed E-state index contributed by atoms with van der Waals surface area (Å²) in [5.74, 6) is -0.163. The van der Waals surface area contributed by atoms with Crippen LogP contribution in [0.3, 0.4) is 0 Å². The summed E-state index contributed by atoms with van der Waals surface area (Å²) in [7, 11) is 0. The molecule has 2 bridgehead atoms. The summed E-state index contributed by atoms with van der Waals surface area (Å²) in [5, 5.41) is 23.1. The minimum absolute atomic E-state index is 0.00305. The molecule has 3 saturated heterocycles. The van der Waals surface area contributed by atoms with Gasteiger partial charge in [-0.05, 0) is 50.3 Å². The van der Waals surface area contributed by atoms with E-state index in [1.165, 1.54) is 5.56 Å². The standard InChI is InChI=1S/C23H29NO6/c25-16-4-3-14-12-17-22(26)5-6-23(28-10-11-29-23)20-21(22,18(14)19(16)30-20)7-8-24(17)13-15-2-1-9-27-15/h3-4,15,17,20,25-26H,1-2,5-13H2/t15?,17-,20?,21+,22?/m1/s1. The fourth-order valence-electron chi connectivity index (χ4n) is 7.62. The van der Waals surface area contributed by atoms with Gasteiger partial charge in [-0.1, -0.05) is 6.07 Å². The Labute approximate surface area is 175 Å². The number of aliphatic hydroxyl groups is 1. The molecule has 4 heterocycles. The molecule has 162 valence electrons. The molecule has 4 fully saturated rings. The SMILES string of the molecule is Oc1ccc2c3c1OC1C4(CCC5(O)[C@@H](C2)N(CC2CCCO2)CC[C@]315)OCCO4. The molecular formula is C23H29NO6. The fraction of sp³-hybridized carbons (Fsp3) is 0.739. The average Bonchev–Trinajstić information content (AvgIpc) is 3.47. The first-order chi connectivity index (χ1) is 14.6. The lowest BCUT2D eigenvalue weighted by Gasteiger charge is -2.65. The number of hydrogen-bond donors (Lipinski definition) is 2. The Morgan fingerprint density at radius 1 is 1.10 bits per heavy atom. The van der Waals surface area contributed by atoms with Crippen molar-refractivity contribution >= 4 is 0 Å². The lowest BCUT2D eigenvalue weighted by atomic mass is 9.48. The second kappa shape index (κ2) is 5.90. The van der Waals surface area contributed by atoms with Crippen molar-refractivity contribution in [2.45, 2.75) is 73.6 Å². The van der Waals surface area contributed by atoms with Crippen molar-refractivity contribution in [1.29, 1.82) is 0 Å². The molecule has 30 heavy (non-hydrogen) atoms. The van der Waals surface area contributed by atoms with Crippen molar-refractivity contribution in [3.63, 3.8) is 0 Å². The number of ether oxygens (including phenoxy) is 4. The summed E-state index contributed by atoms with van der Waals surface area (Å²) in [4.78, 5) is 2.46. The summed E-state index contributed by atoms with van der Waals surface area (Å²) < 4.78 is 24.8. The van der Waals surface area contributed by atoms with Crippen molar-refractivity contribution in [2.75, 3.05) is 32.9 Å². The molecule has 7 heteroatoms. The van der Waals surface area contributed by atoms with Crippen LogP contribution in [0.2, 0.25) is 0 Å². The Bertz CT molecular complexity index is 894. The predicted molar refractivity (Wildman–Crippen MR) is 106 cm³/mol. The summed E-state index contributed by atoms with van der Waals surface area (Å²) in [6.45, 7) is 3.66. The maximum absolute atomic E-state index is 12.4. The maximum atomic E-state index is 12.4. The molecule has 1 aromatic rings. The van der Waals surface area contributed by atoms with Gasteiger partial charge in [-0.15, -0.1) is 0 Å². The molecule has 7 nitrogen and oxygen atoms in total. The zero-order valence-corrected chi connectivity index (χ0v) is 17.1. The summed E-state index contributed by atoms with van der Waals surface area (Å²) in [6.07, 6.45) is 4.76. The van der Waals surface area contributed by atoms with E-state index in [1.54, 1.807) is 6.07 Å². The quantitative estimate of drug-likeness (QED) is 0.757. The van der Waals surface area contributed by atoms with E-state index in [1.807, 2.05) is 6.07 Å². The topological polar surface area (TPSA) is 80.6 Å². The van der Waals surface area contributed by atoms with Crippen molar-refractivity contribution in [2.24, 2.45) is 0 Å². The normalized spacial score (nSPS) is 43.0. The number of aromatic hydroxyl groups is 1.